The number of fused-ring (bicyclic) bond motifs is 1. The van der Waals surface area contributed by atoms with Crippen molar-refractivity contribution in [3.8, 4) is 11.3 Å². The van der Waals surface area contributed by atoms with Crippen molar-refractivity contribution in [3.05, 3.63) is 36.3 Å². The summed E-state index contributed by atoms with van der Waals surface area (Å²) >= 11 is 0. The van der Waals surface area contributed by atoms with Gasteiger partial charge < -0.3 is 9.88 Å². The molecule has 2 aromatic rings. The first-order chi connectivity index (χ1) is 8.25. The Bertz CT molecular complexity index is 532. The van der Waals surface area contributed by atoms with Crippen LogP contribution in [-0.4, -0.2) is 21.1 Å². The highest BCUT2D eigenvalue weighted by Crippen LogP contribution is 2.24. The second-order valence-corrected chi connectivity index (χ2v) is 4.20. The van der Waals surface area contributed by atoms with E-state index in [1.807, 2.05) is 6.20 Å². The van der Waals surface area contributed by atoms with E-state index in [0.29, 0.717) is 0 Å². The first-order valence-corrected chi connectivity index (χ1v) is 5.66. The Balaban J connectivity index is 2.07. The molecule has 0 amide bonds. The van der Waals surface area contributed by atoms with Crippen molar-refractivity contribution in [3.63, 3.8) is 0 Å². The van der Waals surface area contributed by atoms with Crippen LogP contribution in [0.25, 0.3) is 11.3 Å². The van der Waals surface area contributed by atoms with Crippen LogP contribution in [0.5, 0.6) is 0 Å². The number of hydrogen-bond donors (Lipinski definition) is 1. The van der Waals surface area contributed by atoms with E-state index in [4.69, 9.17) is 0 Å². The monoisotopic (exact) mass is 232 g/mol. The fourth-order valence-corrected chi connectivity index (χ4v) is 2.21. The van der Waals surface area contributed by atoms with E-state index in [9.17, 15) is 4.39 Å². The summed E-state index contributed by atoms with van der Waals surface area (Å²) in [6.45, 7) is 3.89. The highest BCUT2D eigenvalue weighted by Gasteiger charge is 2.20. The van der Waals surface area contributed by atoms with Crippen LogP contribution < -0.4 is 5.32 Å². The number of nitrogens with zero attached hydrogens (tertiary/aromatic N) is 3. The maximum atomic E-state index is 12.8. The second-order valence-electron chi connectivity index (χ2n) is 4.20. The molecule has 1 N–H and O–H groups in total. The van der Waals surface area contributed by atoms with Gasteiger partial charge >= 0.3 is 0 Å². The van der Waals surface area contributed by atoms with Crippen LogP contribution in [0.3, 0.4) is 0 Å². The summed E-state index contributed by atoms with van der Waals surface area (Å²) < 4.78 is 14.9. The fourth-order valence-electron chi connectivity index (χ4n) is 2.21. The van der Waals surface area contributed by atoms with E-state index < -0.39 is 5.95 Å². The Hall–Kier alpha value is -1.75. The van der Waals surface area contributed by atoms with Crippen molar-refractivity contribution in [2.45, 2.75) is 19.5 Å². The molecule has 0 saturated heterocycles. The molecule has 0 bridgehead atoms. The zero-order valence-electron chi connectivity index (χ0n) is 9.52. The molecular weight excluding hydrogens is 219 g/mol. The van der Waals surface area contributed by atoms with Crippen molar-refractivity contribution in [2.75, 3.05) is 6.54 Å². The minimum Gasteiger partial charge on any atom is -0.325 e. The minimum atomic E-state index is -0.456. The molecule has 3 rings (SSSR count). The largest absolute Gasteiger partial charge is 0.325 e. The van der Waals surface area contributed by atoms with Crippen molar-refractivity contribution < 1.29 is 4.39 Å². The molecule has 0 radical (unpaired) electrons. The molecule has 17 heavy (non-hydrogen) atoms. The van der Waals surface area contributed by atoms with Gasteiger partial charge in [0.2, 0.25) is 5.95 Å². The van der Waals surface area contributed by atoms with Gasteiger partial charge in [-0.05, 0) is 19.1 Å². The van der Waals surface area contributed by atoms with Gasteiger partial charge in [-0.2, -0.15) is 4.39 Å². The van der Waals surface area contributed by atoms with Crippen LogP contribution in [0, 0.1) is 5.95 Å². The number of rotatable bonds is 1. The molecule has 88 valence electrons. The van der Waals surface area contributed by atoms with Gasteiger partial charge in [0.05, 0.1) is 17.9 Å². The first kappa shape index (κ1) is 10.4. The Morgan fingerprint density at radius 2 is 2.24 bits per heavy atom. The molecule has 1 aliphatic heterocycles. The number of hydrogen-bond acceptors (Lipinski definition) is 3. The lowest BCUT2D eigenvalue weighted by molar-refractivity contribution is 0.439. The number of nitrogens with one attached hydrogen (secondary N) is 1. The van der Waals surface area contributed by atoms with Crippen LogP contribution in [0.4, 0.5) is 4.39 Å². The molecule has 1 aliphatic rings. The normalized spacial score (nSPS) is 19.1. The standard InChI is InChI=1S/C12H13FN4/c1-8-12-16-7-10(17(12)5-4-14-8)9-2-3-11(13)15-6-9/h2-3,6-8,14H,4-5H2,1H3. The Labute approximate surface area is 98.5 Å². The van der Waals surface area contributed by atoms with Gasteiger partial charge in [-0.25, -0.2) is 9.97 Å². The third-order valence-electron chi connectivity index (χ3n) is 3.08. The predicted molar refractivity (Wildman–Crippen MR) is 61.8 cm³/mol. The average molecular weight is 232 g/mol. The van der Waals surface area contributed by atoms with Crippen molar-refractivity contribution >= 4 is 0 Å². The average Bonchev–Trinajstić information content (AvgIpc) is 2.75. The van der Waals surface area contributed by atoms with E-state index in [1.165, 1.54) is 6.07 Å². The fraction of sp³-hybridized carbons (Fsp3) is 0.333. The SMILES string of the molecule is CC1NCCn2c(-c3ccc(F)nc3)cnc21. The molecule has 5 heteroatoms. The number of pyridine rings is 1. The van der Waals surface area contributed by atoms with Crippen molar-refractivity contribution in [1.82, 2.24) is 19.9 Å². The lowest BCUT2D eigenvalue weighted by Gasteiger charge is -2.23. The van der Waals surface area contributed by atoms with E-state index in [-0.39, 0.29) is 6.04 Å². The Morgan fingerprint density at radius 3 is 3.00 bits per heavy atom. The molecule has 0 aliphatic carbocycles. The quantitative estimate of drug-likeness (QED) is 0.762. The highest BCUT2D eigenvalue weighted by molar-refractivity contribution is 5.58. The molecular formula is C12H13FN4. The van der Waals surface area contributed by atoms with Gasteiger partial charge in [0.15, 0.2) is 0 Å². The zero-order valence-corrected chi connectivity index (χ0v) is 9.52. The van der Waals surface area contributed by atoms with Gasteiger partial charge in [-0.15, -0.1) is 0 Å². The van der Waals surface area contributed by atoms with Gasteiger partial charge in [-0.3, -0.25) is 0 Å². The summed E-state index contributed by atoms with van der Waals surface area (Å²) in [5.74, 6) is 0.567. The number of imidazole rings is 1. The molecule has 0 spiro atoms. The molecule has 0 saturated carbocycles. The Kier molecular flexibility index (Phi) is 2.40. The molecule has 3 heterocycles. The summed E-state index contributed by atoms with van der Waals surface area (Å²) in [7, 11) is 0. The van der Waals surface area contributed by atoms with E-state index in [0.717, 1.165) is 30.2 Å². The lowest BCUT2D eigenvalue weighted by atomic mass is 10.2. The van der Waals surface area contributed by atoms with Crippen LogP contribution in [0.1, 0.15) is 18.8 Å². The molecule has 0 fully saturated rings. The topological polar surface area (TPSA) is 42.7 Å². The molecule has 1 atom stereocenters. The van der Waals surface area contributed by atoms with Crippen LogP contribution >= 0.6 is 0 Å². The third kappa shape index (κ3) is 1.72. The van der Waals surface area contributed by atoms with Crippen LogP contribution in [0.15, 0.2) is 24.5 Å². The molecule has 4 nitrogen and oxygen atoms in total. The molecule has 1 unspecified atom stereocenters. The summed E-state index contributed by atoms with van der Waals surface area (Å²) in [6.07, 6.45) is 3.38. The highest BCUT2D eigenvalue weighted by atomic mass is 19.1. The maximum absolute atomic E-state index is 12.8. The van der Waals surface area contributed by atoms with Crippen LogP contribution in [0.2, 0.25) is 0 Å². The number of halogens is 1. The van der Waals surface area contributed by atoms with Crippen molar-refractivity contribution in [1.29, 1.82) is 0 Å². The van der Waals surface area contributed by atoms with E-state index in [1.54, 1.807) is 12.3 Å². The molecule has 0 aromatic carbocycles. The predicted octanol–water partition coefficient (Wildman–Crippen LogP) is 1.75. The van der Waals surface area contributed by atoms with Gasteiger partial charge in [-0.1, -0.05) is 0 Å². The van der Waals surface area contributed by atoms with E-state index >= 15 is 0 Å². The molecule has 2 aromatic heterocycles. The first-order valence-electron chi connectivity index (χ1n) is 5.66. The van der Waals surface area contributed by atoms with Gasteiger partial charge in [0.25, 0.3) is 0 Å². The Morgan fingerprint density at radius 1 is 1.35 bits per heavy atom. The van der Waals surface area contributed by atoms with E-state index in [2.05, 4.69) is 26.8 Å². The summed E-state index contributed by atoms with van der Waals surface area (Å²) in [4.78, 5) is 8.10. The third-order valence-corrected chi connectivity index (χ3v) is 3.08. The summed E-state index contributed by atoms with van der Waals surface area (Å²) in [5, 5.41) is 3.35. The minimum absolute atomic E-state index is 0.255. The summed E-state index contributed by atoms with van der Waals surface area (Å²) in [5.41, 5.74) is 1.90. The van der Waals surface area contributed by atoms with Gasteiger partial charge in [0.1, 0.15) is 5.82 Å². The number of aromatic nitrogens is 3. The zero-order chi connectivity index (χ0) is 11.8. The van der Waals surface area contributed by atoms with Crippen LogP contribution in [-0.2, 0) is 6.54 Å². The van der Waals surface area contributed by atoms with Gasteiger partial charge in [0, 0.05) is 24.8 Å². The smallest absolute Gasteiger partial charge is 0.212 e. The second kappa shape index (κ2) is 3.92. The lowest BCUT2D eigenvalue weighted by Crippen LogP contribution is -2.32. The summed E-state index contributed by atoms with van der Waals surface area (Å²) in [6, 6.07) is 3.37. The van der Waals surface area contributed by atoms with Crippen molar-refractivity contribution in [2.24, 2.45) is 0 Å². The maximum Gasteiger partial charge on any atom is 0.212 e.